The molecule has 0 N–H and O–H groups in total. The van der Waals surface area contributed by atoms with Gasteiger partial charge in [0.25, 0.3) is 0 Å². The fourth-order valence-electron chi connectivity index (χ4n) is 2.36. The number of carbonyl (C=O) groups is 1. The number of hydrogen-bond acceptors (Lipinski definition) is 4. The van der Waals surface area contributed by atoms with Gasteiger partial charge in [-0.05, 0) is 44.5 Å². The lowest BCUT2D eigenvalue weighted by Crippen LogP contribution is -2.30. The Bertz CT molecular complexity index is 670. The summed E-state index contributed by atoms with van der Waals surface area (Å²) in [5.74, 6) is 0.128. The quantitative estimate of drug-likeness (QED) is 0.740. The highest BCUT2D eigenvalue weighted by Crippen LogP contribution is 2.29. The summed E-state index contributed by atoms with van der Waals surface area (Å²) in [4.78, 5) is 16.2. The van der Waals surface area contributed by atoms with E-state index in [0.29, 0.717) is 16.3 Å². The van der Waals surface area contributed by atoms with Crippen LogP contribution in [-0.4, -0.2) is 23.2 Å². The van der Waals surface area contributed by atoms with E-state index in [2.05, 4.69) is 11.9 Å². The zero-order chi connectivity index (χ0) is 16.2. The minimum Gasteiger partial charge on any atom is -0.480 e. The maximum Gasteiger partial charge on any atom is 0.344 e. The molecule has 5 heteroatoms. The van der Waals surface area contributed by atoms with Crippen LogP contribution in [-0.2, 0) is 9.53 Å². The highest BCUT2D eigenvalue weighted by atomic mass is 35.5. The van der Waals surface area contributed by atoms with Gasteiger partial charge in [-0.2, -0.15) is 0 Å². The monoisotopic (exact) mass is 321 g/mol. The lowest BCUT2D eigenvalue weighted by molar-refractivity contribution is -0.159. The van der Waals surface area contributed by atoms with Crippen molar-refractivity contribution in [1.29, 1.82) is 0 Å². The summed E-state index contributed by atoms with van der Waals surface area (Å²) in [6, 6.07) is 7.11. The van der Waals surface area contributed by atoms with Crippen molar-refractivity contribution in [2.24, 2.45) is 0 Å². The van der Waals surface area contributed by atoms with Gasteiger partial charge in [0, 0.05) is 11.6 Å². The largest absolute Gasteiger partial charge is 0.480 e. The number of esters is 1. The Morgan fingerprint density at radius 2 is 2.09 bits per heavy atom. The average Bonchev–Trinajstić information content (AvgIpc) is 2.46. The van der Waals surface area contributed by atoms with Gasteiger partial charge in [-0.1, -0.05) is 24.9 Å². The van der Waals surface area contributed by atoms with Gasteiger partial charge in [0.05, 0.1) is 5.02 Å². The van der Waals surface area contributed by atoms with E-state index >= 15 is 0 Å². The van der Waals surface area contributed by atoms with Crippen LogP contribution in [0.3, 0.4) is 0 Å². The number of aromatic nitrogens is 1. The van der Waals surface area contributed by atoms with Gasteiger partial charge in [0.2, 0.25) is 0 Å². The van der Waals surface area contributed by atoms with Crippen molar-refractivity contribution in [3.63, 3.8) is 0 Å². The molecule has 2 rings (SSSR count). The predicted octanol–water partition coefficient (Wildman–Crippen LogP) is 4.39. The summed E-state index contributed by atoms with van der Waals surface area (Å²) in [5, 5.41) is 1.39. The number of nitrogens with zero attached hydrogens (tertiary/aromatic N) is 1. The molecule has 22 heavy (non-hydrogen) atoms. The Hall–Kier alpha value is -1.81. The second-order valence-electron chi connectivity index (χ2n) is 5.72. The van der Waals surface area contributed by atoms with Crippen molar-refractivity contribution in [1.82, 2.24) is 4.98 Å². The smallest absolute Gasteiger partial charge is 0.344 e. The minimum atomic E-state index is -0.477. The van der Waals surface area contributed by atoms with Gasteiger partial charge in [0.15, 0.2) is 6.61 Å². The molecule has 0 radical (unpaired) electrons. The number of ether oxygens (including phenoxy) is 2. The SMILES string of the molecule is CCCC(C)(C)OC(=O)COc1ccc(Cl)c2cccnc12. The third-order valence-electron chi connectivity index (χ3n) is 3.27. The first-order valence-electron chi connectivity index (χ1n) is 7.31. The molecule has 0 spiro atoms. The van der Waals surface area contributed by atoms with Crippen LogP contribution in [0.15, 0.2) is 30.5 Å². The normalized spacial score (nSPS) is 11.5. The van der Waals surface area contributed by atoms with Crippen molar-refractivity contribution in [3.8, 4) is 5.75 Å². The molecule has 0 saturated carbocycles. The lowest BCUT2D eigenvalue weighted by Gasteiger charge is -2.24. The molecule has 2 aromatic rings. The van der Waals surface area contributed by atoms with E-state index in [0.717, 1.165) is 18.2 Å². The summed E-state index contributed by atoms with van der Waals surface area (Å²) in [6.45, 7) is 5.69. The van der Waals surface area contributed by atoms with Crippen LogP contribution in [0.4, 0.5) is 0 Å². The fraction of sp³-hybridized carbons (Fsp3) is 0.412. The molecular weight excluding hydrogens is 302 g/mol. The molecule has 0 saturated heterocycles. The van der Waals surface area contributed by atoms with Crippen molar-refractivity contribution < 1.29 is 14.3 Å². The third-order valence-corrected chi connectivity index (χ3v) is 3.60. The van der Waals surface area contributed by atoms with Gasteiger partial charge in [-0.3, -0.25) is 4.98 Å². The third kappa shape index (κ3) is 4.10. The molecule has 0 amide bonds. The number of pyridine rings is 1. The molecule has 0 bridgehead atoms. The molecule has 0 fully saturated rings. The number of carbonyl (C=O) groups excluding carboxylic acids is 1. The first-order chi connectivity index (χ1) is 10.4. The lowest BCUT2D eigenvalue weighted by atomic mass is 10.0. The summed E-state index contributed by atoms with van der Waals surface area (Å²) in [6.07, 6.45) is 3.42. The summed E-state index contributed by atoms with van der Waals surface area (Å²) < 4.78 is 11.0. The van der Waals surface area contributed by atoms with E-state index in [1.807, 2.05) is 19.9 Å². The minimum absolute atomic E-state index is 0.152. The van der Waals surface area contributed by atoms with Crippen LogP contribution in [0.1, 0.15) is 33.6 Å². The van der Waals surface area contributed by atoms with Crippen molar-refractivity contribution >= 4 is 28.5 Å². The summed E-state index contributed by atoms with van der Waals surface area (Å²) in [5.41, 5.74) is 0.158. The van der Waals surface area contributed by atoms with E-state index in [1.165, 1.54) is 0 Å². The van der Waals surface area contributed by atoms with Crippen molar-refractivity contribution in [3.05, 3.63) is 35.5 Å². The maximum atomic E-state index is 11.9. The first-order valence-corrected chi connectivity index (χ1v) is 7.68. The number of halogens is 1. The molecule has 118 valence electrons. The maximum absolute atomic E-state index is 11.9. The molecule has 0 aliphatic rings. The Morgan fingerprint density at radius 3 is 2.82 bits per heavy atom. The second kappa shape index (κ2) is 6.97. The van der Waals surface area contributed by atoms with Gasteiger partial charge in [0.1, 0.15) is 16.9 Å². The topological polar surface area (TPSA) is 48.4 Å². The van der Waals surface area contributed by atoms with E-state index in [9.17, 15) is 4.79 Å². The summed E-state index contributed by atoms with van der Waals surface area (Å²) >= 11 is 6.13. The molecule has 1 aromatic heterocycles. The van der Waals surface area contributed by atoms with Crippen LogP contribution in [0.25, 0.3) is 10.9 Å². The van der Waals surface area contributed by atoms with E-state index in [1.54, 1.807) is 24.4 Å². The predicted molar refractivity (Wildman–Crippen MR) is 87.3 cm³/mol. The van der Waals surface area contributed by atoms with Gasteiger partial charge < -0.3 is 9.47 Å². The van der Waals surface area contributed by atoms with Gasteiger partial charge in [-0.15, -0.1) is 0 Å². The van der Waals surface area contributed by atoms with E-state index in [-0.39, 0.29) is 6.61 Å². The first kappa shape index (κ1) is 16.6. The van der Waals surface area contributed by atoms with Crippen LogP contribution in [0.5, 0.6) is 5.75 Å². The van der Waals surface area contributed by atoms with Crippen LogP contribution in [0.2, 0.25) is 5.02 Å². The molecule has 0 atom stereocenters. The van der Waals surface area contributed by atoms with Gasteiger partial charge >= 0.3 is 5.97 Å². The number of hydrogen-bond donors (Lipinski definition) is 0. The number of fused-ring (bicyclic) bond motifs is 1. The standard InChI is InChI=1S/C17H20ClNO3/c1-4-9-17(2,3)22-15(20)11-21-14-8-7-13(18)12-6-5-10-19-16(12)14/h5-8,10H,4,9,11H2,1-3H3. The second-order valence-corrected chi connectivity index (χ2v) is 6.12. The highest BCUT2D eigenvalue weighted by Gasteiger charge is 2.22. The molecule has 0 aliphatic heterocycles. The fourth-order valence-corrected chi connectivity index (χ4v) is 2.57. The zero-order valence-electron chi connectivity index (χ0n) is 13.1. The molecule has 1 aromatic carbocycles. The van der Waals surface area contributed by atoms with Crippen molar-refractivity contribution in [2.45, 2.75) is 39.2 Å². The zero-order valence-corrected chi connectivity index (χ0v) is 13.8. The summed E-state index contributed by atoms with van der Waals surface area (Å²) in [7, 11) is 0. The number of benzene rings is 1. The molecule has 4 nitrogen and oxygen atoms in total. The molecule has 1 heterocycles. The van der Waals surface area contributed by atoms with Gasteiger partial charge in [-0.25, -0.2) is 4.79 Å². The molecule has 0 unspecified atom stereocenters. The van der Waals surface area contributed by atoms with E-state index < -0.39 is 11.6 Å². The Kier molecular flexibility index (Phi) is 5.24. The Labute approximate surface area is 135 Å². The number of rotatable bonds is 6. The Balaban J connectivity index is 2.06. The highest BCUT2D eigenvalue weighted by molar-refractivity contribution is 6.35. The van der Waals surface area contributed by atoms with Crippen LogP contribution >= 0.6 is 11.6 Å². The average molecular weight is 322 g/mol. The Morgan fingerprint density at radius 1 is 1.32 bits per heavy atom. The van der Waals surface area contributed by atoms with E-state index in [4.69, 9.17) is 21.1 Å². The van der Waals surface area contributed by atoms with Crippen LogP contribution in [0, 0.1) is 0 Å². The molecular formula is C17H20ClNO3. The molecule has 0 aliphatic carbocycles. The van der Waals surface area contributed by atoms with Crippen LogP contribution < -0.4 is 4.74 Å². The van der Waals surface area contributed by atoms with Crippen molar-refractivity contribution in [2.75, 3.05) is 6.61 Å².